The summed E-state index contributed by atoms with van der Waals surface area (Å²) >= 11 is 0. The van der Waals surface area contributed by atoms with Gasteiger partial charge in [-0.05, 0) is 75.9 Å². The number of ketones is 1. The highest BCUT2D eigenvalue weighted by molar-refractivity contribution is 7.95. The number of alkyl carbamates (subject to hydrolysis) is 1. The van der Waals surface area contributed by atoms with Gasteiger partial charge in [0.05, 0.1) is 11.3 Å². The number of rotatable bonds is 9. The Morgan fingerprint density at radius 2 is 1.72 bits per heavy atom. The summed E-state index contributed by atoms with van der Waals surface area (Å²) < 4.78 is 61.5. The number of allylic oxidation sites excluding steroid dienone is 3. The number of hydrogen-bond donors (Lipinski definition) is 2. The lowest BCUT2D eigenvalue weighted by atomic mass is 9.91. The predicted octanol–water partition coefficient (Wildman–Crippen LogP) is 4.20. The summed E-state index contributed by atoms with van der Waals surface area (Å²) in [7, 11) is -5.83. The van der Waals surface area contributed by atoms with Crippen molar-refractivity contribution in [2.75, 3.05) is 24.0 Å². The van der Waals surface area contributed by atoms with Crippen LogP contribution >= 0.6 is 0 Å². The highest BCUT2D eigenvalue weighted by Gasteiger charge is 2.43. The Kier molecular flexibility index (Phi) is 9.87. The van der Waals surface area contributed by atoms with E-state index >= 15 is 0 Å². The molecule has 2 aliphatic rings. The fourth-order valence-electron chi connectivity index (χ4n) is 5.34. The van der Waals surface area contributed by atoms with Gasteiger partial charge in [-0.15, -0.1) is 0 Å². The van der Waals surface area contributed by atoms with Gasteiger partial charge in [0, 0.05) is 37.3 Å². The lowest BCUT2D eigenvalue weighted by Gasteiger charge is -2.28. The van der Waals surface area contributed by atoms with Gasteiger partial charge in [-0.1, -0.05) is 47.6 Å². The van der Waals surface area contributed by atoms with E-state index in [1.165, 1.54) is 20.0 Å². The molecule has 1 aromatic heterocycles. The first-order valence-electron chi connectivity index (χ1n) is 15.8. The minimum absolute atomic E-state index is 0.0206. The SMILES string of the molecule is CN(Cc1ccccc1)c1ccc(CC2=CC(c3noc(C(C)(C)S(C)(=O)=O)n3)=CNC3=C2C(=O)[C@@H](NC(=O)OC(C)(C)C)CS3(=O)=O)cc1. The first-order valence-corrected chi connectivity index (χ1v) is 19.4. The highest BCUT2D eigenvalue weighted by atomic mass is 32.2. The van der Waals surface area contributed by atoms with E-state index in [-0.39, 0.29) is 34.3 Å². The van der Waals surface area contributed by atoms with Crippen molar-refractivity contribution in [1.82, 2.24) is 20.8 Å². The van der Waals surface area contributed by atoms with E-state index in [0.29, 0.717) is 12.1 Å². The first kappa shape index (κ1) is 36.5. The first-order chi connectivity index (χ1) is 23.2. The van der Waals surface area contributed by atoms with Crippen LogP contribution in [0.1, 0.15) is 57.5 Å². The minimum atomic E-state index is -4.15. The van der Waals surface area contributed by atoms with Crippen LogP contribution in [0, 0.1) is 0 Å². The Morgan fingerprint density at radius 1 is 1.06 bits per heavy atom. The molecule has 0 fully saturated rings. The maximum Gasteiger partial charge on any atom is 0.408 e. The smallest absolute Gasteiger partial charge is 0.408 e. The van der Waals surface area contributed by atoms with E-state index in [1.54, 1.807) is 26.8 Å². The summed E-state index contributed by atoms with van der Waals surface area (Å²) in [4.78, 5) is 33.2. The van der Waals surface area contributed by atoms with Gasteiger partial charge >= 0.3 is 6.09 Å². The number of anilines is 1. The molecule has 0 spiro atoms. The quantitative estimate of drug-likeness (QED) is 0.322. The molecule has 2 aromatic carbocycles. The maximum absolute atomic E-state index is 14.1. The van der Waals surface area contributed by atoms with E-state index in [0.717, 1.165) is 23.1 Å². The topological polar surface area (TPSA) is 178 Å². The number of amides is 1. The number of hydrogen-bond acceptors (Lipinski definition) is 12. The zero-order valence-corrected chi connectivity index (χ0v) is 30.6. The van der Waals surface area contributed by atoms with Crippen molar-refractivity contribution in [2.24, 2.45) is 0 Å². The Labute approximate surface area is 292 Å². The summed E-state index contributed by atoms with van der Waals surface area (Å²) in [5.74, 6) is -1.49. The number of carbonyl (C=O) groups is 2. The number of aromatic nitrogens is 2. The summed E-state index contributed by atoms with van der Waals surface area (Å²) in [6.07, 6.45) is 3.14. The molecule has 0 bridgehead atoms. The Balaban J connectivity index is 1.53. The monoisotopic (exact) mass is 723 g/mol. The number of ether oxygens (including phenoxy) is 1. The Bertz CT molecular complexity index is 2110. The van der Waals surface area contributed by atoms with Crippen LogP contribution in [0.2, 0.25) is 0 Å². The van der Waals surface area contributed by atoms with E-state index in [1.807, 2.05) is 61.6 Å². The number of sulfone groups is 2. The number of Topliss-reactive ketones (excluding diaryl/α,β-unsaturated/α-hetero) is 1. The molecule has 13 nitrogen and oxygen atoms in total. The van der Waals surface area contributed by atoms with Gasteiger partial charge in [0.2, 0.25) is 11.7 Å². The summed E-state index contributed by atoms with van der Waals surface area (Å²) in [5.41, 5.74) is 2.39. The molecule has 0 aliphatic carbocycles. The molecule has 0 unspecified atom stereocenters. The zero-order chi connectivity index (χ0) is 36.6. The third-order valence-electron chi connectivity index (χ3n) is 8.35. The Morgan fingerprint density at radius 3 is 2.34 bits per heavy atom. The molecule has 1 atom stereocenters. The second-order valence-electron chi connectivity index (χ2n) is 13.9. The predicted molar refractivity (Wildman–Crippen MR) is 189 cm³/mol. The summed E-state index contributed by atoms with van der Waals surface area (Å²) in [6.45, 7) is 8.52. The second-order valence-corrected chi connectivity index (χ2v) is 18.4. The van der Waals surface area contributed by atoms with Gasteiger partial charge in [-0.3, -0.25) is 4.79 Å². The molecule has 50 heavy (non-hydrogen) atoms. The van der Waals surface area contributed by atoms with Gasteiger partial charge in [0.1, 0.15) is 21.4 Å². The average Bonchev–Trinajstić information content (AvgIpc) is 3.43. The van der Waals surface area contributed by atoms with Crippen molar-refractivity contribution in [3.63, 3.8) is 0 Å². The van der Waals surface area contributed by atoms with Crippen LogP contribution in [0.15, 0.2) is 87.6 Å². The van der Waals surface area contributed by atoms with Crippen LogP contribution < -0.4 is 15.5 Å². The molecular weight excluding hydrogens is 683 g/mol. The van der Waals surface area contributed by atoms with Crippen molar-refractivity contribution in [1.29, 1.82) is 0 Å². The molecule has 0 radical (unpaired) electrons. The van der Waals surface area contributed by atoms with Gasteiger partial charge in [-0.25, -0.2) is 21.6 Å². The van der Waals surface area contributed by atoms with Gasteiger partial charge in [0.15, 0.2) is 25.5 Å². The zero-order valence-electron chi connectivity index (χ0n) is 29.0. The normalized spacial score (nSPS) is 17.9. The van der Waals surface area contributed by atoms with Crippen LogP contribution in [0.5, 0.6) is 0 Å². The van der Waals surface area contributed by atoms with Crippen LogP contribution in [-0.2, 0) is 46.9 Å². The molecule has 5 rings (SSSR count). The summed E-state index contributed by atoms with van der Waals surface area (Å²) in [6, 6.07) is 16.2. The van der Waals surface area contributed by atoms with Crippen LogP contribution in [0.4, 0.5) is 10.5 Å². The third kappa shape index (κ3) is 7.99. The van der Waals surface area contributed by atoms with E-state index in [2.05, 4.69) is 25.7 Å². The van der Waals surface area contributed by atoms with Gasteiger partial charge < -0.3 is 24.8 Å². The van der Waals surface area contributed by atoms with Crippen molar-refractivity contribution in [3.8, 4) is 0 Å². The van der Waals surface area contributed by atoms with Crippen molar-refractivity contribution >= 4 is 42.8 Å². The standard InChI is InChI=1S/C35H41N5O8S2/c1-34(2,3)47-33(42)37-27-21-50(45,46)31-28(29(27)41)24(17-22-13-15-26(16-14-22)40(6)20-23-11-9-8-10-12-23)18-25(19-36-31)30-38-32(48-39-30)35(4,5)49(7,43)44/h8-16,18-19,27,36H,17,20-21H2,1-7H3,(H,37,42)/t27-/m0/s1. The largest absolute Gasteiger partial charge is 0.444 e. The second kappa shape index (κ2) is 13.5. The van der Waals surface area contributed by atoms with Crippen molar-refractivity contribution < 1.29 is 35.7 Å². The molecule has 0 saturated heterocycles. The Hall–Kier alpha value is -4.76. The molecule has 15 heteroatoms. The highest BCUT2D eigenvalue weighted by Crippen LogP contribution is 2.35. The van der Waals surface area contributed by atoms with Gasteiger partial charge in [-0.2, -0.15) is 4.98 Å². The third-order valence-corrected chi connectivity index (χ3v) is 12.1. The molecule has 2 N–H and O–H groups in total. The van der Waals surface area contributed by atoms with Crippen LogP contribution in [0.25, 0.3) is 5.57 Å². The average molecular weight is 724 g/mol. The molecular formula is C35H41N5O8S2. The lowest BCUT2D eigenvalue weighted by Crippen LogP contribution is -2.51. The molecule has 1 amide bonds. The fourth-order valence-corrected chi connectivity index (χ4v) is 7.36. The number of benzene rings is 2. The molecule has 2 aliphatic heterocycles. The maximum atomic E-state index is 14.1. The van der Waals surface area contributed by atoms with Crippen LogP contribution in [0.3, 0.4) is 0 Å². The molecule has 3 heterocycles. The van der Waals surface area contributed by atoms with Gasteiger partial charge in [0.25, 0.3) is 0 Å². The summed E-state index contributed by atoms with van der Waals surface area (Å²) in [5, 5.41) is 8.88. The van der Waals surface area contributed by atoms with E-state index in [4.69, 9.17) is 9.26 Å². The molecule has 266 valence electrons. The van der Waals surface area contributed by atoms with E-state index in [9.17, 15) is 26.4 Å². The minimum Gasteiger partial charge on any atom is -0.444 e. The van der Waals surface area contributed by atoms with Crippen molar-refractivity contribution in [3.05, 3.63) is 106 Å². The molecule has 0 saturated carbocycles. The number of carbonyl (C=O) groups excluding carboxylic acids is 2. The van der Waals surface area contributed by atoms with E-state index < -0.39 is 53.7 Å². The molecule has 3 aromatic rings. The number of nitrogens with zero attached hydrogens (tertiary/aromatic N) is 3. The van der Waals surface area contributed by atoms with Crippen molar-refractivity contribution in [2.45, 2.75) is 64.0 Å². The lowest BCUT2D eigenvalue weighted by molar-refractivity contribution is -0.117. The van der Waals surface area contributed by atoms with Crippen LogP contribution in [-0.4, -0.2) is 69.6 Å². The number of nitrogens with one attached hydrogen (secondary N) is 2. The fraction of sp³-hybridized carbons (Fsp3) is 0.371.